The van der Waals surface area contributed by atoms with Crippen molar-refractivity contribution in [3.63, 3.8) is 0 Å². The average molecular weight is 244 g/mol. The number of ketones is 2. The standard InChI is InChI=1S/C15H13FO2/c16-9-3-4-10-11(6-9)15(18)13-8-2-1-7(5-8)12(13)14(10)17/h3-4,6-8,12-13H,1-2,5H2. The molecule has 4 unspecified atom stereocenters. The van der Waals surface area contributed by atoms with E-state index in [4.69, 9.17) is 0 Å². The van der Waals surface area contributed by atoms with E-state index < -0.39 is 5.82 Å². The highest BCUT2D eigenvalue weighted by molar-refractivity contribution is 6.16. The van der Waals surface area contributed by atoms with Gasteiger partial charge in [0.1, 0.15) is 5.82 Å². The highest BCUT2D eigenvalue weighted by Gasteiger charge is 2.56. The van der Waals surface area contributed by atoms with Crippen LogP contribution in [0.5, 0.6) is 0 Å². The van der Waals surface area contributed by atoms with Gasteiger partial charge in [-0.1, -0.05) is 0 Å². The van der Waals surface area contributed by atoms with Crippen molar-refractivity contribution in [1.29, 1.82) is 0 Å². The third-order valence-corrected chi connectivity index (χ3v) is 5.03. The molecule has 0 spiro atoms. The van der Waals surface area contributed by atoms with Crippen molar-refractivity contribution < 1.29 is 14.0 Å². The number of rotatable bonds is 0. The van der Waals surface area contributed by atoms with Gasteiger partial charge >= 0.3 is 0 Å². The summed E-state index contributed by atoms with van der Waals surface area (Å²) in [5.74, 6) is 0.0990. The van der Waals surface area contributed by atoms with Crippen LogP contribution in [-0.2, 0) is 0 Å². The van der Waals surface area contributed by atoms with Crippen LogP contribution in [0.4, 0.5) is 4.39 Å². The smallest absolute Gasteiger partial charge is 0.167 e. The Labute approximate surface area is 104 Å². The van der Waals surface area contributed by atoms with E-state index in [0.29, 0.717) is 23.0 Å². The predicted octanol–water partition coefficient (Wildman–Crippen LogP) is 2.87. The first kappa shape index (κ1) is 10.4. The molecule has 0 saturated heterocycles. The number of carbonyl (C=O) groups is 2. The first-order chi connectivity index (χ1) is 8.66. The molecular weight excluding hydrogens is 231 g/mol. The average Bonchev–Trinajstić information content (AvgIpc) is 2.96. The molecule has 0 aliphatic heterocycles. The van der Waals surface area contributed by atoms with Gasteiger partial charge in [-0.25, -0.2) is 4.39 Å². The molecule has 3 heteroatoms. The Balaban J connectivity index is 1.91. The van der Waals surface area contributed by atoms with Crippen molar-refractivity contribution in [3.05, 3.63) is 35.1 Å². The molecule has 2 fully saturated rings. The van der Waals surface area contributed by atoms with Crippen molar-refractivity contribution in [2.75, 3.05) is 0 Å². The summed E-state index contributed by atoms with van der Waals surface area (Å²) >= 11 is 0. The van der Waals surface area contributed by atoms with E-state index in [2.05, 4.69) is 0 Å². The maximum absolute atomic E-state index is 13.3. The van der Waals surface area contributed by atoms with Gasteiger partial charge in [-0.15, -0.1) is 0 Å². The number of halogens is 1. The second kappa shape index (κ2) is 3.28. The summed E-state index contributed by atoms with van der Waals surface area (Å²) in [7, 11) is 0. The van der Waals surface area contributed by atoms with Gasteiger partial charge in [0, 0.05) is 23.0 Å². The normalized spacial score (nSPS) is 36.7. The maximum atomic E-state index is 13.3. The van der Waals surface area contributed by atoms with Crippen molar-refractivity contribution in [1.82, 2.24) is 0 Å². The van der Waals surface area contributed by atoms with E-state index in [0.717, 1.165) is 19.3 Å². The summed E-state index contributed by atoms with van der Waals surface area (Å²) < 4.78 is 13.3. The highest BCUT2D eigenvalue weighted by Crippen LogP contribution is 2.56. The van der Waals surface area contributed by atoms with Crippen molar-refractivity contribution in [3.8, 4) is 0 Å². The Hall–Kier alpha value is -1.51. The Morgan fingerprint density at radius 3 is 2.22 bits per heavy atom. The Bertz CT molecular complexity index is 578. The Kier molecular flexibility index (Phi) is 1.90. The van der Waals surface area contributed by atoms with Crippen LogP contribution in [0.15, 0.2) is 18.2 Å². The molecule has 2 bridgehead atoms. The summed E-state index contributed by atoms with van der Waals surface area (Å²) in [5.41, 5.74) is 0.754. The largest absolute Gasteiger partial charge is 0.294 e. The quantitative estimate of drug-likeness (QED) is 0.703. The zero-order chi connectivity index (χ0) is 12.4. The number of hydrogen-bond acceptors (Lipinski definition) is 2. The van der Waals surface area contributed by atoms with E-state index in [1.165, 1.54) is 18.2 Å². The van der Waals surface area contributed by atoms with Gasteiger partial charge in [0.15, 0.2) is 11.6 Å². The Morgan fingerprint density at radius 2 is 1.56 bits per heavy atom. The van der Waals surface area contributed by atoms with Crippen molar-refractivity contribution in [2.24, 2.45) is 23.7 Å². The van der Waals surface area contributed by atoms with Crippen LogP contribution in [-0.4, -0.2) is 11.6 Å². The molecule has 2 saturated carbocycles. The first-order valence-corrected chi connectivity index (χ1v) is 6.55. The number of hydrogen-bond donors (Lipinski definition) is 0. The van der Waals surface area contributed by atoms with Crippen LogP contribution < -0.4 is 0 Å². The number of Topliss-reactive ketones (excluding diaryl/α,β-unsaturated/α-hetero) is 2. The molecule has 0 heterocycles. The minimum absolute atomic E-state index is 0.00120. The molecule has 0 N–H and O–H groups in total. The molecule has 2 nitrogen and oxygen atoms in total. The molecule has 3 aliphatic rings. The summed E-state index contributed by atoms with van der Waals surface area (Å²) in [6.07, 6.45) is 3.13. The summed E-state index contributed by atoms with van der Waals surface area (Å²) in [4.78, 5) is 24.9. The number of carbonyl (C=O) groups excluding carboxylic acids is 2. The molecule has 0 amide bonds. The van der Waals surface area contributed by atoms with E-state index in [1.807, 2.05) is 0 Å². The lowest BCUT2D eigenvalue weighted by molar-refractivity contribution is 0.0660. The second-order valence-corrected chi connectivity index (χ2v) is 5.80. The summed E-state index contributed by atoms with van der Waals surface area (Å²) in [5, 5.41) is 0. The molecule has 1 aromatic carbocycles. The minimum atomic E-state index is -0.434. The fourth-order valence-corrected chi connectivity index (χ4v) is 4.34. The van der Waals surface area contributed by atoms with Crippen LogP contribution in [0.2, 0.25) is 0 Å². The van der Waals surface area contributed by atoms with Crippen molar-refractivity contribution >= 4 is 11.6 Å². The van der Waals surface area contributed by atoms with Gasteiger partial charge < -0.3 is 0 Å². The molecule has 18 heavy (non-hydrogen) atoms. The summed E-state index contributed by atoms with van der Waals surface area (Å²) in [6, 6.07) is 3.99. The van der Waals surface area contributed by atoms with Crippen molar-refractivity contribution in [2.45, 2.75) is 19.3 Å². The zero-order valence-corrected chi connectivity index (χ0v) is 9.86. The highest BCUT2D eigenvalue weighted by atomic mass is 19.1. The maximum Gasteiger partial charge on any atom is 0.167 e. The zero-order valence-electron chi connectivity index (χ0n) is 9.86. The van der Waals surface area contributed by atoms with Gasteiger partial charge in [-0.05, 0) is 49.3 Å². The van der Waals surface area contributed by atoms with Gasteiger partial charge in [-0.3, -0.25) is 9.59 Å². The lowest BCUT2D eigenvalue weighted by Gasteiger charge is -2.33. The monoisotopic (exact) mass is 244 g/mol. The molecule has 0 aromatic heterocycles. The van der Waals surface area contributed by atoms with Crippen LogP contribution in [0.25, 0.3) is 0 Å². The number of benzene rings is 1. The first-order valence-electron chi connectivity index (χ1n) is 6.55. The fourth-order valence-electron chi connectivity index (χ4n) is 4.34. The summed E-state index contributed by atoms with van der Waals surface area (Å²) in [6.45, 7) is 0. The SMILES string of the molecule is O=C1c2ccc(F)cc2C(=O)C2C3CCC(C3)C12. The molecule has 0 radical (unpaired) electrons. The molecule has 1 aromatic rings. The van der Waals surface area contributed by atoms with E-state index in [-0.39, 0.29) is 23.4 Å². The topological polar surface area (TPSA) is 34.1 Å². The van der Waals surface area contributed by atoms with Crippen LogP contribution in [0, 0.1) is 29.5 Å². The molecule has 4 rings (SSSR count). The van der Waals surface area contributed by atoms with Gasteiger partial charge in [0.05, 0.1) is 0 Å². The Morgan fingerprint density at radius 1 is 0.944 bits per heavy atom. The molecule has 4 atom stereocenters. The van der Waals surface area contributed by atoms with E-state index in [9.17, 15) is 14.0 Å². The predicted molar refractivity (Wildman–Crippen MR) is 62.9 cm³/mol. The van der Waals surface area contributed by atoms with E-state index >= 15 is 0 Å². The van der Waals surface area contributed by atoms with Gasteiger partial charge in [0.2, 0.25) is 0 Å². The lowest BCUT2D eigenvalue weighted by atomic mass is 9.67. The van der Waals surface area contributed by atoms with E-state index in [1.54, 1.807) is 0 Å². The van der Waals surface area contributed by atoms with Gasteiger partial charge in [-0.2, -0.15) is 0 Å². The third-order valence-electron chi connectivity index (χ3n) is 5.03. The second-order valence-electron chi connectivity index (χ2n) is 5.80. The van der Waals surface area contributed by atoms with Crippen LogP contribution in [0.1, 0.15) is 40.0 Å². The fraction of sp³-hybridized carbons (Fsp3) is 0.467. The molecule has 92 valence electrons. The molecular formula is C15H13FO2. The number of fused-ring (bicyclic) bond motifs is 6. The van der Waals surface area contributed by atoms with Gasteiger partial charge in [0.25, 0.3) is 0 Å². The minimum Gasteiger partial charge on any atom is -0.294 e. The van der Waals surface area contributed by atoms with Crippen LogP contribution >= 0.6 is 0 Å². The van der Waals surface area contributed by atoms with Crippen LogP contribution in [0.3, 0.4) is 0 Å². The third kappa shape index (κ3) is 1.12. The lowest BCUT2D eigenvalue weighted by Crippen LogP contribution is -2.40. The molecule has 3 aliphatic carbocycles.